The highest BCUT2D eigenvalue weighted by Gasteiger charge is 2.37. The molecule has 0 aliphatic carbocycles. The van der Waals surface area contributed by atoms with Crippen molar-refractivity contribution < 1.29 is 8.42 Å². The van der Waals surface area contributed by atoms with Crippen molar-refractivity contribution in [3.8, 4) is 0 Å². The standard InChI is InChI=1S/C13H19ClN2O2S/c1-11-4-8-16(13(11)10-14)19(17,18)9-5-12-2-6-15-7-3-12/h2-3,6-7,11,13H,4-5,8-10H2,1H3. The summed E-state index contributed by atoms with van der Waals surface area (Å²) >= 11 is 5.91. The number of nitrogens with zero attached hydrogens (tertiary/aromatic N) is 2. The lowest BCUT2D eigenvalue weighted by molar-refractivity contribution is 0.375. The predicted molar refractivity (Wildman–Crippen MR) is 76.7 cm³/mol. The molecule has 0 saturated carbocycles. The molecule has 1 fully saturated rings. The van der Waals surface area contributed by atoms with Crippen LogP contribution >= 0.6 is 11.6 Å². The number of aromatic nitrogens is 1. The van der Waals surface area contributed by atoms with Crippen LogP contribution in [0.3, 0.4) is 0 Å². The van der Waals surface area contributed by atoms with E-state index in [9.17, 15) is 8.42 Å². The quantitative estimate of drug-likeness (QED) is 0.781. The molecule has 0 bridgehead atoms. The highest BCUT2D eigenvalue weighted by molar-refractivity contribution is 7.89. The number of pyridine rings is 1. The molecule has 1 aliphatic rings. The Hall–Kier alpha value is -0.650. The average molecular weight is 303 g/mol. The smallest absolute Gasteiger partial charge is 0.214 e. The molecule has 4 nitrogen and oxygen atoms in total. The van der Waals surface area contributed by atoms with Crippen LogP contribution < -0.4 is 0 Å². The summed E-state index contributed by atoms with van der Waals surface area (Å²) < 4.78 is 26.3. The summed E-state index contributed by atoms with van der Waals surface area (Å²) in [6.07, 6.45) is 4.78. The number of hydrogen-bond donors (Lipinski definition) is 0. The van der Waals surface area contributed by atoms with E-state index in [1.807, 2.05) is 12.1 Å². The number of halogens is 1. The zero-order chi connectivity index (χ0) is 13.9. The maximum absolute atomic E-state index is 12.4. The van der Waals surface area contributed by atoms with Gasteiger partial charge in [0.2, 0.25) is 10.0 Å². The molecular weight excluding hydrogens is 284 g/mol. The van der Waals surface area contributed by atoms with Crippen molar-refractivity contribution in [2.45, 2.75) is 25.8 Å². The van der Waals surface area contributed by atoms with Crippen LogP contribution in [0, 0.1) is 5.92 Å². The summed E-state index contributed by atoms with van der Waals surface area (Å²) in [6.45, 7) is 2.66. The van der Waals surface area contributed by atoms with E-state index >= 15 is 0 Å². The van der Waals surface area contributed by atoms with Crippen LogP contribution in [0.2, 0.25) is 0 Å². The fourth-order valence-corrected chi connectivity index (χ4v) is 4.82. The van der Waals surface area contributed by atoms with Crippen LogP contribution in [0.5, 0.6) is 0 Å². The zero-order valence-electron chi connectivity index (χ0n) is 11.0. The van der Waals surface area contributed by atoms with Gasteiger partial charge in [-0.15, -0.1) is 11.6 Å². The van der Waals surface area contributed by atoms with E-state index in [0.29, 0.717) is 24.8 Å². The van der Waals surface area contributed by atoms with Crippen LogP contribution in [0.25, 0.3) is 0 Å². The Morgan fingerprint density at radius 3 is 2.74 bits per heavy atom. The molecule has 106 valence electrons. The van der Waals surface area contributed by atoms with E-state index in [2.05, 4.69) is 11.9 Å². The lowest BCUT2D eigenvalue weighted by Crippen LogP contribution is -2.40. The van der Waals surface area contributed by atoms with Crippen molar-refractivity contribution in [1.82, 2.24) is 9.29 Å². The molecule has 0 aromatic carbocycles. The average Bonchev–Trinajstić information content (AvgIpc) is 2.79. The molecule has 0 radical (unpaired) electrons. The number of alkyl halides is 1. The summed E-state index contributed by atoms with van der Waals surface area (Å²) in [5.41, 5.74) is 0.994. The molecule has 0 spiro atoms. The zero-order valence-corrected chi connectivity index (χ0v) is 12.6. The molecule has 2 heterocycles. The van der Waals surface area contributed by atoms with Gasteiger partial charge >= 0.3 is 0 Å². The lowest BCUT2D eigenvalue weighted by atomic mass is 10.1. The van der Waals surface area contributed by atoms with Gasteiger partial charge in [-0.05, 0) is 36.5 Å². The third-order valence-corrected chi connectivity index (χ3v) is 5.95. The molecule has 1 aromatic rings. The number of rotatable bonds is 5. The molecule has 1 aromatic heterocycles. The highest BCUT2D eigenvalue weighted by atomic mass is 35.5. The maximum Gasteiger partial charge on any atom is 0.214 e. The van der Waals surface area contributed by atoms with Gasteiger partial charge in [-0.1, -0.05) is 6.92 Å². The Morgan fingerprint density at radius 1 is 1.42 bits per heavy atom. The van der Waals surface area contributed by atoms with Crippen molar-refractivity contribution in [2.24, 2.45) is 5.92 Å². The maximum atomic E-state index is 12.4. The van der Waals surface area contributed by atoms with Crippen molar-refractivity contribution in [2.75, 3.05) is 18.2 Å². The van der Waals surface area contributed by atoms with E-state index in [4.69, 9.17) is 11.6 Å². The van der Waals surface area contributed by atoms with Crippen LogP contribution in [0.4, 0.5) is 0 Å². The molecule has 2 atom stereocenters. The molecule has 2 unspecified atom stereocenters. The van der Waals surface area contributed by atoms with Crippen LogP contribution in [-0.4, -0.2) is 41.9 Å². The van der Waals surface area contributed by atoms with Gasteiger partial charge in [0.25, 0.3) is 0 Å². The van der Waals surface area contributed by atoms with Gasteiger partial charge in [-0.3, -0.25) is 4.98 Å². The molecule has 0 N–H and O–H groups in total. The Balaban J connectivity index is 2.03. The Bertz CT molecular complexity index is 507. The first-order valence-electron chi connectivity index (χ1n) is 6.49. The summed E-state index contributed by atoms with van der Waals surface area (Å²) in [4.78, 5) is 3.93. The fraction of sp³-hybridized carbons (Fsp3) is 0.615. The second-order valence-electron chi connectivity index (χ2n) is 5.02. The molecule has 2 rings (SSSR count). The summed E-state index contributed by atoms with van der Waals surface area (Å²) in [5, 5.41) is 0. The van der Waals surface area contributed by atoms with E-state index in [1.165, 1.54) is 0 Å². The first-order valence-corrected chi connectivity index (χ1v) is 8.63. The first kappa shape index (κ1) is 14.8. The normalized spacial score (nSPS) is 24.7. The topological polar surface area (TPSA) is 50.3 Å². The lowest BCUT2D eigenvalue weighted by Gasteiger charge is -2.24. The third kappa shape index (κ3) is 3.46. The molecule has 1 saturated heterocycles. The van der Waals surface area contributed by atoms with Crippen molar-refractivity contribution in [3.05, 3.63) is 30.1 Å². The van der Waals surface area contributed by atoms with Crippen LogP contribution in [0.15, 0.2) is 24.5 Å². The van der Waals surface area contributed by atoms with E-state index < -0.39 is 10.0 Å². The minimum absolute atomic E-state index is 0.0518. The number of hydrogen-bond acceptors (Lipinski definition) is 3. The third-order valence-electron chi connectivity index (χ3n) is 3.75. The molecule has 0 amide bonds. The van der Waals surface area contributed by atoms with Gasteiger partial charge in [0, 0.05) is 30.9 Å². The largest absolute Gasteiger partial charge is 0.265 e. The van der Waals surface area contributed by atoms with E-state index in [0.717, 1.165) is 12.0 Å². The van der Waals surface area contributed by atoms with Gasteiger partial charge in [0.05, 0.1) is 5.75 Å². The van der Waals surface area contributed by atoms with Crippen LogP contribution in [0.1, 0.15) is 18.9 Å². The van der Waals surface area contributed by atoms with Crippen molar-refractivity contribution >= 4 is 21.6 Å². The van der Waals surface area contributed by atoms with Crippen molar-refractivity contribution in [1.29, 1.82) is 0 Å². The summed E-state index contributed by atoms with van der Waals surface area (Å²) in [6, 6.07) is 3.64. The SMILES string of the molecule is CC1CCN(S(=O)(=O)CCc2ccncc2)C1CCl. The molecule has 19 heavy (non-hydrogen) atoms. The minimum Gasteiger partial charge on any atom is -0.265 e. The Morgan fingerprint density at radius 2 is 2.11 bits per heavy atom. The fourth-order valence-electron chi connectivity index (χ4n) is 2.46. The van der Waals surface area contributed by atoms with Gasteiger partial charge in [0.1, 0.15) is 0 Å². The first-order chi connectivity index (χ1) is 9.04. The van der Waals surface area contributed by atoms with E-state index in [1.54, 1.807) is 16.7 Å². The summed E-state index contributed by atoms with van der Waals surface area (Å²) in [7, 11) is -3.22. The van der Waals surface area contributed by atoms with Gasteiger partial charge in [-0.25, -0.2) is 8.42 Å². The monoisotopic (exact) mass is 302 g/mol. The molecule has 6 heteroatoms. The van der Waals surface area contributed by atoms with Gasteiger partial charge in [-0.2, -0.15) is 4.31 Å². The van der Waals surface area contributed by atoms with Gasteiger partial charge in [0.15, 0.2) is 0 Å². The van der Waals surface area contributed by atoms with E-state index in [-0.39, 0.29) is 11.8 Å². The Kier molecular flexibility index (Phi) is 4.81. The minimum atomic E-state index is -3.22. The Labute approximate surface area is 119 Å². The molecule has 1 aliphatic heterocycles. The second kappa shape index (κ2) is 6.20. The second-order valence-corrected chi connectivity index (χ2v) is 7.37. The highest BCUT2D eigenvalue weighted by Crippen LogP contribution is 2.28. The van der Waals surface area contributed by atoms with Crippen LogP contribution in [-0.2, 0) is 16.4 Å². The number of aryl methyl sites for hydroxylation is 1. The van der Waals surface area contributed by atoms with Crippen molar-refractivity contribution in [3.63, 3.8) is 0 Å². The predicted octanol–water partition coefficient (Wildman–Crippen LogP) is 1.90. The molecular formula is C13H19ClN2O2S. The number of sulfonamides is 1. The summed E-state index contributed by atoms with van der Waals surface area (Å²) in [5.74, 6) is 0.848. The van der Waals surface area contributed by atoms with Gasteiger partial charge < -0.3 is 0 Å².